The molecule has 3 aromatic rings. The summed E-state index contributed by atoms with van der Waals surface area (Å²) in [6, 6.07) is 7.60. The normalized spacial score (nSPS) is 11.8. The molecule has 0 atom stereocenters. The van der Waals surface area contributed by atoms with Crippen LogP contribution in [-0.2, 0) is 16.6 Å². The van der Waals surface area contributed by atoms with E-state index in [1.165, 1.54) is 10.6 Å². The van der Waals surface area contributed by atoms with Gasteiger partial charge in [0.15, 0.2) is 0 Å². The fourth-order valence-electron chi connectivity index (χ4n) is 2.59. The zero-order valence-electron chi connectivity index (χ0n) is 13.6. The van der Waals surface area contributed by atoms with Gasteiger partial charge in [-0.05, 0) is 36.2 Å². The van der Waals surface area contributed by atoms with Crippen LogP contribution in [0.4, 0.5) is 5.69 Å². The van der Waals surface area contributed by atoms with Crippen molar-refractivity contribution in [2.24, 2.45) is 0 Å². The van der Waals surface area contributed by atoms with Gasteiger partial charge >= 0.3 is 0 Å². The molecule has 8 heteroatoms. The summed E-state index contributed by atoms with van der Waals surface area (Å²) in [5.41, 5.74) is 3.30. The molecule has 0 radical (unpaired) electrons. The molecule has 0 aliphatic carbocycles. The zero-order chi connectivity index (χ0) is 17.5. The van der Waals surface area contributed by atoms with Crippen molar-refractivity contribution in [3.8, 4) is 0 Å². The molecule has 0 amide bonds. The first-order valence-electron chi connectivity index (χ1n) is 7.26. The maximum Gasteiger partial charge on any atom is 0.232 e. The van der Waals surface area contributed by atoms with E-state index < -0.39 is 10.0 Å². The van der Waals surface area contributed by atoms with Gasteiger partial charge in [-0.15, -0.1) is 0 Å². The van der Waals surface area contributed by atoms with Crippen molar-refractivity contribution >= 4 is 38.3 Å². The molecule has 126 valence electrons. The van der Waals surface area contributed by atoms with E-state index in [1.807, 2.05) is 42.0 Å². The van der Waals surface area contributed by atoms with E-state index in [-0.39, 0.29) is 5.28 Å². The number of aromatic nitrogens is 3. The van der Waals surface area contributed by atoms with E-state index in [2.05, 4.69) is 9.97 Å². The Morgan fingerprint density at radius 2 is 2.04 bits per heavy atom. The summed E-state index contributed by atoms with van der Waals surface area (Å²) < 4.78 is 27.0. The average molecular weight is 365 g/mol. The van der Waals surface area contributed by atoms with Gasteiger partial charge in [0.1, 0.15) is 5.65 Å². The van der Waals surface area contributed by atoms with E-state index >= 15 is 0 Å². The van der Waals surface area contributed by atoms with Gasteiger partial charge in [-0.1, -0.05) is 17.7 Å². The molecule has 24 heavy (non-hydrogen) atoms. The smallest absolute Gasteiger partial charge is 0.232 e. The summed E-state index contributed by atoms with van der Waals surface area (Å²) in [7, 11) is -1.79. The minimum atomic E-state index is -3.34. The number of nitrogens with zero attached hydrogens (tertiary/aromatic N) is 4. The summed E-state index contributed by atoms with van der Waals surface area (Å²) >= 11 is 5.89. The number of hydrogen-bond donors (Lipinski definition) is 0. The van der Waals surface area contributed by atoms with Crippen LogP contribution < -0.4 is 4.31 Å². The molecule has 0 N–H and O–H groups in total. The predicted octanol–water partition coefficient (Wildman–Crippen LogP) is 2.84. The van der Waals surface area contributed by atoms with Crippen molar-refractivity contribution in [1.29, 1.82) is 0 Å². The lowest BCUT2D eigenvalue weighted by Crippen LogP contribution is -2.26. The zero-order valence-corrected chi connectivity index (χ0v) is 15.1. The van der Waals surface area contributed by atoms with Crippen molar-refractivity contribution in [3.05, 3.63) is 53.1 Å². The molecular weight excluding hydrogens is 348 g/mol. The third kappa shape index (κ3) is 3.22. The standard InChI is InChI=1S/C16H17ClN4O2S/c1-11-4-5-14(20(2)24(3,22)23)13(8-11)10-21-7-6-12-9-18-16(17)19-15(12)21/h4-9H,10H2,1-3H3. The quantitative estimate of drug-likeness (QED) is 0.667. The molecular formula is C16H17ClN4O2S. The molecule has 0 aliphatic heterocycles. The summed E-state index contributed by atoms with van der Waals surface area (Å²) in [5, 5.41) is 1.06. The fourth-order valence-corrected chi connectivity index (χ4v) is 3.25. The number of aryl methyl sites for hydroxylation is 1. The SMILES string of the molecule is Cc1ccc(N(C)S(C)(=O)=O)c(Cn2ccc3cnc(Cl)nc32)c1. The molecule has 0 spiro atoms. The summed E-state index contributed by atoms with van der Waals surface area (Å²) in [4.78, 5) is 8.24. The Kier molecular flexibility index (Phi) is 4.23. The second kappa shape index (κ2) is 6.07. The second-order valence-corrected chi connectivity index (χ2v) is 8.08. The van der Waals surface area contributed by atoms with Crippen molar-refractivity contribution in [2.45, 2.75) is 13.5 Å². The predicted molar refractivity (Wildman–Crippen MR) is 96.1 cm³/mol. The van der Waals surface area contributed by atoms with Crippen LogP contribution in [0.3, 0.4) is 0 Å². The van der Waals surface area contributed by atoms with Gasteiger partial charge in [0.2, 0.25) is 15.3 Å². The van der Waals surface area contributed by atoms with Crippen LogP contribution in [0.2, 0.25) is 5.28 Å². The Bertz CT molecular complexity index is 1010. The lowest BCUT2D eigenvalue weighted by Gasteiger charge is -2.21. The first-order chi connectivity index (χ1) is 11.3. The highest BCUT2D eigenvalue weighted by Crippen LogP contribution is 2.25. The third-order valence-corrected chi connectivity index (χ3v) is 5.26. The average Bonchev–Trinajstić information content (AvgIpc) is 2.88. The molecule has 3 rings (SSSR count). The molecule has 6 nitrogen and oxygen atoms in total. The van der Waals surface area contributed by atoms with Gasteiger partial charge in [0, 0.05) is 24.8 Å². The minimum Gasteiger partial charge on any atom is -0.328 e. The van der Waals surface area contributed by atoms with Crippen LogP contribution in [0.1, 0.15) is 11.1 Å². The molecule has 1 aromatic carbocycles. The van der Waals surface area contributed by atoms with Crippen LogP contribution in [-0.4, -0.2) is 36.3 Å². The molecule has 0 saturated heterocycles. The van der Waals surface area contributed by atoms with Gasteiger partial charge in [0.05, 0.1) is 18.5 Å². The number of rotatable bonds is 4. The first kappa shape index (κ1) is 16.7. The molecule has 0 fully saturated rings. The minimum absolute atomic E-state index is 0.181. The maximum absolute atomic E-state index is 11.9. The Labute approximate surface area is 145 Å². The van der Waals surface area contributed by atoms with Gasteiger partial charge in [0.25, 0.3) is 0 Å². The van der Waals surface area contributed by atoms with Crippen LogP contribution in [0.15, 0.2) is 36.7 Å². The van der Waals surface area contributed by atoms with Crippen molar-refractivity contribution < 1.29 is 8.42 Å². The number of halogens is 1. The molecule has 0 unspecified atom stereocenters. The molecule has 0 bridgehead atoms. The lowest BCUT2D eigenvalue weighted by atomic mass is 10.1. The highest BCUT2D eigenvalue weighted by Gasteiger charge is 2.17. The number of fused-ring (bicyclic) bond motifs is 1. The van der Waals surface area contributed by atoms with Crippen molar-refractivity contribution in [1.82, 2.24) is 14.5 Å². The Morgan fingerprint density at radius 3 is 2.75 bits per heavy atom. The van der Waals surface area contributed by atoms with Crippen LogP contribution in [0, 0.1) is 6.92 Å². The number of hydrogen-bond acceptors (Lipinski definition) is 4. The van der Waals surface area contributed by atoms with Gasteiger partial charge in [-0.2, -0.15) is 4.98 Å². The van der Waals surface area contributed by atoms with E-state index in [4.69, 9.17) is 11.6 Å². The van der Waals surface area contributed by atoms with Gasteiger partial charge < -0.3 is 4.57 Å². The van der Waals surface area contributed by atoms with E-state index in [0.29, 0.717) is 17.9 Å². The molecule has 2 heterocycles. The van der Waals surface area contributed by atoms with Crippen molar-refractivity contribution in [3.63, 3.8) is 0 Å². The van der Waals surface area contributed by atoms with Crippen LogP contribution in [0.25, 0.3) is 11.0 Å². The first-order valence-corrected chi connectivity index (χ1v) is 9.49. The van der Waals surface area contributed by atoms with Crippen molar-refractivity contribution in [2.75, 3.05) is 17.6 Å². The van der Waals surface area contributed by atoms with E-state index in [1.54, 1.807) is 13.2 Å². The maximum atomic E-state index is 11.9. The Morgan fingerprint density at radius 1 is 1.29 bits per heavy atom. The lowest BCUT2D eigenvalue weighted by molar-refractivity contribution is 0.600. The van der Waals surface area contributed by atoms with Gasteiger partial charge in [-0.25, -0.2) is 13.4 Å². The third-order valence-electron chi connectivity index (χ3n) is 3.89. The molecule has 0 aliphatic rings. The molecule has 2 aromatic heterocycles. The largest absolute Gasteiger partial charge is 0.328 e. The van der Waals surface area contributed by atoms with E-state index in [0.717, 1.165) is 16.5 Å². The number of sulfonamides is 1. The monoisotopic (exact) mass is 364 g/mol. The highest BCUT2D eigenvalue weighted by atomic mass is 35.5. The van der Waals surface area contributed by atoms with Crippen LogP contribution in [0.5, 0.6) is 0 Å². The summed E-state index contributed by atoms with van der Waals surface area (Å²) in [6.07, 6.45) is 4.75. The fraction of sp³-hybridized carbons (Fsp3) is 0.250. The van der Waals surface area contributed by atoms with Gasteiger partial charge in [-0.3, -0.25) is 4.31 Å². The summed E-state index contributed by atoms with van der Waals surface area (Å²) in [5.74, 6) is 0. The highest BCUT2D eigenvalue weighted by molar-refractivity contribution is 7.92. The molecule has 0 saturated carbocycles. The Balaban J connectivity index is 2.09. The van der Waals surface area contributed by atoms with E-state index in [9.17, 15) is 8.42 Å². The summed E-state index contributed by atoms with van der Waals surface area (Å²) in [6.45, 7) is 2.45. The Hall–Kier alpha value is -2.12. The van der Waals surface area contributed by atoms with Crippen LogP contribution >= 0.6 is 11.6 Å². The second-order valence-electron chi connectivity index (χ2n) is 5.72. The number of anilines is 1. The topological polar surface area (TPSA) is 68.1 Å². The number of benzene rings is 1.